The van der Waals surface area contributed by atoms with Crippen molar-refractivity contribution >= 4 is 5.95 Å². The van der Waals surface area contributed by atoms with Gasteiger partial charge in [-0.25, -0.2) is 4.98 Å². The lowest BCUT2D eigenvalue weighted by Gasteiger charge is -2.27. The number of hydrogen-bond acceptors (Lipinski definition) is 2. The molecule has 3 nitrogen and oxygen atoms in total. The van der Waals surface area contributed by atoms with Crippen molar-refractivity contribution in [3.05, 3.63) is 11.9 Å². The van der Waals surface area contributed by atoms with Crippen molar-refractivity contribution in [3.8, 4) is 0 Å². The minimum absolute atomic E-state index is 0.336. The molecule has 15 heavy (non-hydrogen) atoms. The van der Waals surface area contributed by atoms with E-state index in [0.29, 0.717) is 11.3 Å². The van der Waals surface area contributed by atoms with Crippen LogP contribution in [0.5, 0.6) is 0 Å². The summed E-state index contributed by atoms with van der Waals surface area (Å²) < 4.78 is 2.20. The van der Waals surface area contributed by atoms with Crippen molar-refractivity contribution in [2.75, 3.05) is 12.4 Å². The first-order valence-electron chi connectivity index (χ1n) is 5.56. The summed E-state index contributed by atoms with van der Waals surface area (Å²) in [5.74, 6) is 1.58. The maximum Gasteiger partial charge on any atom is 0.202 e. The lowest BCUT2D eigenvalue weighted by molar-refractivity contribution is 0.233. The van der Waals surface area contributed by atoms with Crippen LogP contribution in [0.4, 0.5) is 5.95 Å². The van der Waals surface area contributed by atoms with Crippen LogP contribution in [-0.2, 0) is 6.54 Å². The molecule has 1 unspecified atom stereocenters. The molecule has 0 spiro atoms. The summed E-state index contributed by atoms with van der Waals surface area (Å²) in [5, 5.41) is 3.13. The van der Waals surface area contributed by atoms with E-state index in [2.05, 4.69) is 48.8 Å². The maximum absolute atomic E-state index is 4.42. The first kappa shape index (κ1) is 12.1. The topological polar surface area (TPSA) is 29.9 Å². The van der Waals surface area contributed by atoms with Crippen molar-refractivity contribution in [1.82, 2.24) is 9.55 Å². The molecule has 0 aliphatic rings. The van der Waals surface area contributed by atoms with Gasteiger partial charge < -0.3 is 9.88 Å². The molecule has 1 atom stereocenters. The first-order valence-corrected chi connectivity index (χ1v) is 5.56. The number of nitrogens with one attached hydrogen (secondary N) is 1. The van der Waals surface area contributed by atoms with Gasteiger partial charge in [0.15, 0.2) is 0 Å². The quantitative estimate of drug-likeness (QED) is 0.829. The molecule has 0 amide bonds. The summed E-state index contributed by atoms with van der Waals surface area (Å²) >= 11 is 0. The maximum atomic E-state index is 4.42. The van der Waals surface area contributed by atoms with Gasteiger partial charge in [0.1, 0.15) is 0 Å². The molecule has 0 bridgehead atoms. The molecule has 0 saturated carbocycles. The number of anilines is 1. The van der Waals surface area contributed by atoms with Gasteiger partial charge in [-0.05, 0) is 18.3 Å². The predicted molar refractivity (Wildman–Crippen MR) is 65.1 cm³/mol. The summed E-state index contributed by atoms with van der Waals surface area (Å²) in [5.41, 5.74) is 1.41. The van der Waals surface area contributed by atoms with Crippen LogP contribution >= 0.6 is 0 Å². The van der Waals surface area contributed by atoms with Crippen LogP contribution in [0, 0.1) is 18.3 Å². The van der Waals surface area contributed by atoms with Crippen molar-refractivity contribution in [1.29, 1.82) is 0 Å². The van der Waals surface area contributed by atoms with E-state index in [1.807, 2.05) is 14.0 Å². The normalized spacial score (nSPS) is 14.0. The van der Waals surface area contributed by atoms with Crippen molar-refractivity contribution in [2.45, 2.75) is 41.2 Å². The zero-order valence-corrected chi connectivity index (χ0v) is 10.8. The predicted octanol–water partition coefficient (Wildman–Crippen LogP) is 2.92. The molecule has 0 aromatic carbocycles. The molecule has 1 aromatic heterocycles. The Bertz CT molecular complexity index is 320. The average Bonchev–Trinajstić information content (AvgIpc) is 2.44. The van der Waals surface area contributed by atoms with Gasteiger partial charge in [-0.3, -0.25) is 0 Å². The molecule has 3 heteroatoms. The summed E-state index contributed by atoms with van der Waals surface area (Å²) in [6.07, 6.45) is 2.11. The molecule has 0 saturated heterocycles. The minimum atomic E-state index is 0.336. The largest absolute Gasteiger partial charge is 0.359 e. The molecule has 1 rings (SSSR count). The Hall–Kier alpha value is -0.990. The van der Waals surface area contributed by atoms with Crippen LogP contribution < -0.4 is 5.32 Å². The highest BCUT2D eigenvalue weighted by Gasteiger charge is 2.21. The van der Waals surface area contributed by atoms with Crippen LogP contribution in [0.3, 0.4) is 0 Å². The highest BCUT2D eigenvalue weighted by Crippen LogP contribution is 2.27. The third-order valence-electron chi connectivity index (χ3n) is 3.07. The number of aryl methyl sites for hydroxylation is 1. The van der Waals surface area contributed by atoms with Gasteiger partial charge in [-0.2, -0.15) is 0 Å². The Morgan fingerprint density at radius 3 is 2.53 bits per heavy atom. The third-order valence-corrected chi connectivity index (χ3v) is 3.07. The molecule has 0 aliphatic heterocycles. The van der Waals surface area contributed by atoms with Crippen molar-refractivity contribution in [2.24, 2.45) is 11.3 Å². The van der Waals surface area contributed by atoms with Crippen LogP contribution in [0.2, 0.25) is 0 Å². The summed E-state index contributed by atoms with van der Waals surface area (Å²) in [7, 11) is 1.92. The number of hydrogen-bond donors (Lipinski definition) is 1. The molecular formula is C12H23N3. The van der Waals surface area contributed by atoms with E-state index >= 15 is 0 Å². The van der Waals surface area contributed by atoms with Crippen molar-refractivity contribution < 1.29 is 0 Å². The van der Waals surface area contributed by atoms with Crippen LogP contribution in [0.25, 0.3) is 0 Å². The lowest BCUT2D eigenvalue weighted by atomic mass is 9.82. The fourth-order valence-electron chi connectivity index (χ4n) is 1.45. The Labute approximate surface area is 92.9 Å². The van der Waals surface area contributed by atoms with E-state index in [1.54, 1.807) is 0 Å². The smallest absolute Gasteiger partial charge is 0.202 e. The van der Waals surface area contributed by atoms with Gasteiger partial charge in [-0.1, -0.05) is 27.7 Å². The lowest BCUT2D eigenvalue weighted by Crippen LogP contribution is -2.22. The van der Waals surface area contributed by atoms with Gasteiger partial charge in [0.2, 0.25) is 5.95 Å². The van der Waals surface area contributed by atoms with E-state index in [9.17, 15) is 0 Å². The zero-order valence-electron chi connectivity index (χ0n) is 10.8. The first-order chi connectivity index (χ1) is 6.84. The summed E-state index contributed by atoms with van der Waals surface area (Å²) in [4.78, 5) is 4.42. The highest BCUT2D eigenvalue weighted by atomic mass is 15.2. The molecule has 86 valence electrons. The Balaban J connectivity index is 2.80. The van der Waals surface area contributed by atoms with Crippen molar-refractivity contribution in [3.63, 3.8) is 0 Å². The number of rotatable bonds is 3. The van der Waals surface area contributed by atoms with Gasteiger partial charge in [0, 0.05) is 19.8 Å². The number of imidazole rings is 1. The van der Waals surface area contributed by atoms with E-state index < -0.39 is 0 Å². The molecular weight excluding hydrogens is 186 g/mol. The molecule has 1 aromatic rings. The second-order valence-corrected chi connectivity index (χ2v) is 5.38. The summed E-state index contributed by atoms with van der Waals surface area (Å²) in [6.45, 7) is 12.2. The SMILES string of the molecule is CNc1nc(C)cn1CC(C)C(C)(C)C. The van der Waals surface area contributed by atoms with E-state index in [0.717, 1.165) is 18.2 Å². The van der Waals surface area contributed by atoms with E-state index in [-0.39, 0.29) is 0 Å². The second-order valence-electron chi connectivity index (χ2n) is 5.38. The van der Waals surface area contributed by atoms with Gasteiger partial charge in [0.25, 0.3) is 0 Å². The molecule has 0 radical (unpaired) electrons. The number of aromatic nitrogens is 2. The Kier molecular flexibility index (Phi) is 3.42. The number of nitrogens with zero attached hydrogens (tertiary/aromatic N) is 2. The fraction of sp³-hybridized carbons (Fsp3) is 0.750. The molecule has 0 fully saturated rings. The van der Waals surface area contributed by atoms with Crippen LogP contribution in [0.15, 0.2) is 6.20 Å². The standard InChI is InChI=1S/C12H23N3/c1-9(12(3,4)5)7-15-8-10(2)14-11(15)13-6/h8-9H,7H2,1-6H3,(H,13,14). The highest BCUT2D eigenvalue weighted by molar-refractivity contribution is 5.27. The van der Waals surface area contributed by atoms with E-state index in [1.165, 1.54) is 0 Å². The Morgan fingerprint density at radius 1 is 1.47 bits per heavy atom. The van der Waals surface area contributed by atoms with Gasteiger partial charge >= 0.3 is 0 Å². The molecule has 1 heterocycles. The van der Waals surface area contributed by atoms with Gasteiger partial charge in [-0.15, -0.1) is 0 Å². The van der Waals surface area contributed by atoms with Gasteiger partial charge in [0.05, 0.1) is 5.69 Å². The summed E-state index contributed by atoms with van der Waals surface area (Å²) in [6, 6.07) is 0. The average molecular weight is 209 g/mol. The van der Waals surface area contributed by atoms with Crippen LogP contribution in [-0.4, -0.2) is 16.6 Å². The van der Waals surface area contributed by atoms with E-state index in [4.69, 9.17) is 0 Å². The monoisotopic (exact) mass is 209 g/mol. The molecule has 1 N–H and O–H groups in total. The minimum Gasteiger partial charge on any atom is -0.359 e. The fourth-order valence-corrected chi connectivity index (χ4v) is 1.45. The zero-order chi connectivity index (χ0) is 11.6. The second kappa shape index (κ2) is 4.25. The Morgan fingerprint density at radius 2 is 2.07 bits per heavy atom. The third kappa shape index (κ3) is 2.98. The van der Waals surface area contributed by atoms with Crippen LogP contribution in [0.1, 0.15) is 33.4 Å². The molecule has 0 aliphatic carbocycles.